The normalized spacial score (nSPS) is 10.9. The summed E-state index contributed by atoms with van der Waals surface area (Å²) in [6.07, 6.45) is 1.66. The monoisotopic (exact) mass is 301 g/mol. The molecule has 0 saturated heterocycles. The molecule has 0 aliphatic carbocycles. The second-order valence-electron chi connectivity index (χ2n) is 4.62. The first-order valence-electron chi connectivity index (χ1n) is 6.61. The third kappa shape index (κ3) is 2.73. The lowest BCUT2D eigenvalue weighted by Crippen LogP contribution is -2.23. The third-order valence-corrected chi connectivity index (χ3v) is 4.32. The number of thiophene rings is 1. The largest absolute Gasteiger partial charge is 0.399 e. The first-order valence-corrected chi connectivity index (χ1v) is 7.43. The molecule has 108 valence electrons. The lowest BCUT2D eigenvalue weighted by atomic mass is 10.2. The molecule has 0 unspecified atom stereocenters. The van der Waals surface area contributed by atoms with Gasteiger partial charge in [0.15, 0.2) is 5.82 Å². The Balaban J connectivity index is 1.75. The minimum atomic E-state index is -0.111. The molecule has 3 aromatic rings. The van der Waals surface area contributed by atoms with Gasteiger partial charge in [-0.05, 0) is 36.6 Å². The van der Waals surface area contributed by atoms with Crippen LogP contribution in [0.3, 0.4) is 0 Å². The van der Waals surface area contributed by atoms with Crippen LogP contribution in [0.15, 0.2) is 30.6 Å². The smallest absolute Gasteiger partial charge is 0.261 e. The Morgan fingerprint density at radius 2 is 2.29 bits per heavy atom. The van der Waals surface area contributed by atoms with Crippen LogP contribution >= 0.6 is 11.3 Å². The van der Waals surface area contributed by atoms with Crippen molar-refractivity contribution in [3.8, 4) is 0 Å². The van der Waals surface area contributed by atoms with Crippen molar-refractivity contribution < 1.29 is 4.79 Å². The van der Waals surface area contributed by atoms with Crippen LogP contribution in [0.25, 0.3) is 10.1 Å². The number of hydrogen-bond acceptors (Lipinski definition) is 5. The molecular formula is C14H15N5OS. The molecule has 0 spiro atoms. The minimum Gasteiger partial charge on any atom is -0.399 e. The predicted octanol–water partition coefficient (Wildman–Crippen LogP) is 2.02. The molecule has 3 N–H and O–H groups in total. The molecule has 7 heteroatoms. The van der Waals surface area contributed by atoms with E-state index in [1.165, 1.54) is 11.3 Å². The highest BCUT2D eigenvalue weighted by atomic mass is 32.1. The molecule has 2 aromatic heterocycles. The number of aryl methyl sites for hydroxylation is 1. The minimum absolute atomic E-state index is 0.111. The summed E-state index contributed by atoms with van der Waals surface area (Å²) in [6.45, 7) is 3.15. The van der Waals surface area contributed by atoms with Gasteiger partial charge in [0.25, 0.3) is 5.91 Å². The van der Waals surface area contributed by atoms with Crippen LogP contribution in [0.1, 0.15) is 22.4 Å². The maximum absolute atomic E-state index is 12.2. The van der Waals surface area contributed by atoms with Crippen LogP contribution in [-0.2, 0) is 13.1 Å². The lowest BCUT2D eigenvalue weighted by molar-refractivity contribution is 0.0953. The van der Waals surface area contributed by atoms with Gasteiger partial charge in [0, 0.05) is 16.9 Å². The highest BCUT2D eigenvalue weighted by molar-refractivity contribution is 7.20. The fourth-order valence-electron chi connectivity index (χ4n) is 2.10. The number of fused-ring (bicyclic) bond motifs is 1. The van der Waals surface area contributed by atoms with E-state index in [0.717, 1.165) is 22.5 Å². The number of nitrogens with zero attached hydrogens (tertiary/aromatic N) is 3. The van der Waals surface area contributed by atoms with Crippen molar-refractivity contribution in [1.82, 2.24) is 20.1 Å². The van der Waals surface area contributed by atoms with Crippen molar-refractivity contribution in [1.29, 1.82) is 0 Å². The van der Waals surface area contributed by atoms with E-state index < -0.39 is 0 Å². The summed E-state index contributed by atoms with van der Waals surface area (Å²) in [5.74, 6) is 0.636. The fraction of sp³-hybridized carbons (Fsp3) is 0.214. The van der Waals surface area contributed by atoms with Crippen molar-refractivity contribution in [2.24, 2.45) is 0 Å². The summed E-state index contributed by atoms with van der Waals surface area (Å²) in [6, 6.07) is 7.50. The molecule has 6 nitrogen and oxygen atoms in total. The Morgan fingerprint density at radius 3 is 3.10 bits per heavy atom. The van der Waals surface area contributed by atoms with E-state index in [2.05, 4.69) is 15.5 Å². The van der Waals surface area contributed by atoms with E-state index in [9.17, 15) is 4.79 Å². The van der Waals surface area contributed by atoms with Crippen LogP contribution < -0.4 is 11.1 Å². The Hall–Kier alpha value is -2.41. The van der Waals surface area contributed by atoms with Crippen LogP contribution in [0, 0.1) is 0 Å². The molecule has 1 aromatic carbocycles. The Bertz CT molecular complexity index is 792. The average Bonchev–Trinajstić information content (AvgIpc) is 3.10. The molecule has 0 bridgehead atoms. The highest BCUT2D eigenvalue weighted by Gasteiger charge is 2.11. The molecule has 1 amide bonds. The van der Waals surface area contributed by atoms with Crippen molar-refractivity contribution in [3.63, 3.8) is 0 Å². The van der Waals surface area contributed by atoms with Crippen LogP contribution in [-0.4, -0.2) is 20.7 Å². The molecule has 0 aliphatic rings. The van der Waals surface area contributed by atoms with Crippen molar-refractivity contribution in [2.45, 2.75) is 20.0 Å². The van der Waals surface area contributed by atoms with Gasteiger partial charge in [-0.25, -0.2) is 0 Å². The fourth-order valence-corrected chi connectivity index (χ4v) is 3.06. The molecular weight excluding hydrogens is 286 g/mol. The number of nitrogens with one attached hydrogen (secondary N) is 1. The van der Waals surface area contributed by atoms with Gasteiger partial charge in [-0.3, -0.25) is 4.79 Å². The molecule has 0 fully saturated rings. The summed E-state index contributed by atoms with van der Waals surface area (Å²) < 4.78 is 2.94. The van der Waals surface area contributed by atoms with Gasteiger partial charge in [-0.15, -0.1) is 21.5 Å². The van der Waals surface area contributed by atoms with Crippen LogP contribution in [0.5, 0.6) is 0 Å². The first kappa shape index (κ1) is 13.6. The van der Waals surface area contributed by atoms with E-state index in [-0.39, 0.29) is 5.91 Å². The van der Waals surface area contributed by atoms with Crippen molar-refractivity contribution in [2.75, 3.05) is 5.73 Å². The zero-order chi connectivity index (χ0) is 14.8. The zero-order valence-electron chi connectivity index (χ0n) is 11.5. The van der Waals surface area contributed by atoms with Crippen LogP contribution in [0.4, 0.5) is 5.69 Å². The van der Waals surface area contributed by atoms with Gasteiger partial charge in [-0.1, -0.05) is 0 Å². The summed E-state index contributed by atoms with van der Waals surface area (Å²) in [5, 5.41) is 11.7. The highest BCUT2D eigenvalue weighted by Crippen LogP contribution is 2.27. The zero-order valence-corrected chi connectivity index (χ0v) is 12.4. The topological polar surface area (TPSA) is 85.8 Å². The number of amides is 1. The van der Waals surface area contributed by atoms with E-state index in [1.807, 2.05) is 35.8 Å². The number of rotatable bonds is 4. The molecule has 0 atom stereocenters. The quantitative estimate of drug-likeness (QED) is 0.722. The molecule has 3 rings (SSSR count). The summed E-state index contributed by atoms with van der Waals surface area (Å²) in [7, 11) is 0. The Labute approximate surface area is 125 Å². The van der Waals surface area contributed by atoms with E-state index in [0.29, 0.717) is 17.1 Å². The molecule has 21 heavy (non-hydrogen) atoms. The van der Waals surface area contributed by atoms with Gasteiger partial charge in [0.2, 0.25) is 0 Å². The van der Waals surface area contributed by atoms with Crippen molar-refractivity contribution >= 4 is 33.0 Å². The summed E-state index contributed by atoms with van der Waals surface area (Å²) in [5.41, 5.74) is 6.45. The van der Waals surface area contributed by atoms with E-state index in [4.69, 9.17) is 5.73 Å². The number of aromatic nitrogens is 3. The molecule has 2 heterocycles. The Morgan fingerprint density at radius 1 is 1.43 bits per heavy atom. The number of benzene rings is 1. The number of hydrogen-bond donors (Lipinski definition) is 2. The van der Waals surface area contributed by atoms with Gasteiger partial charge in [0.1, 0.15) is 6.33 Å². The summed E-state index contributed by atoms with van der Waals surface area (Å²) in [4.78, 5) is 12.9. The molecule has 0 aliphatic heterocycles. The number of nitrogens with two attached hydrogens (primary N) is 1. The number of nitrogen functional groups attached to an aromatic ring is 1. The van der Waals surface area contributed by atoms with Gasteiger partial charge < -0.3 is 15.6 Å². The number of carbonyl (C=O) groups is 1. The maximum Gasteiger partial charge on any atom is 0.261 e. The van der Waals surface area contributed by atoms with E-state index >= 15 is 0 Å². The van der Waals surface area contributed by atoms with Gasteiger partial charge in [-0.2, -0.15) is 0 Å². The predicted molar refractivity (Wildman–Crippen MR) is 83.1 cm³/mol. The van der Waals surface area contributed by atoms with Crippen molar-refractivity contribution in [3.05, 3.63) is 41.3 Å². The van der Waals surface area contributed by atoms with Crippen LogP contribution in [0.2, 0.25) is 0 Å². The third-order valence-electron chi connectivity index (χ3n) is 3.21. The summed E-state index contributed by atoms with van der Waals surface area (Å²) >= 11 is 1.45. The van der Waals surface area contributed by atoms with Gasteiger partial charge in [0.05, 0.1) is 11.4 Å². The molecule has 0 saturated carbocycles. The Kier molecular flexibility index (Phi) is 3.57. The number of anilines is 1. The van der Waals surface area contributed by atoms with E-state index in [1.54, 1.807) is 6.33 Å². The average molecular weight is 301 g/mol. The standard InChI is InChI=1S/C14H15N5OS/c1-2-19-8-17-18-13(19)7-16-14(20)12-6-9-5-10(15)3-4-11(9)21-12/h3-6,8H,2,7,15H2,1H3,(H,16,20). The second kappa shape index (κ2) is 5.53. The first-order chi connectivity index (χ1) is 10.2. The van der Waals surface area contributed by atoms with Gasteiger partial charge >= 0.3 is 0 Å². The maximum atomic E-state index is 12.2. The lowest BCUT2D eigenvalue weighted by Gasteiger charge is -2.04. The SMILES string of the molecule is CCn1cnnc1CNC(=O)c1cc2cc(N)ccc2s1. The second-order valence-corrected chi connectivity index (χ2v) is 5.71. The number of carbonyl (C=O) groups excluding carboxylic acids is 1. The molecule has 0 radical (unpaired) electrons.